The predicted octanol–water partition coefficient (Wildman–Crippen LogP) is 5.24. The van der Waals surface area contributed by atoms with Crippen LogP contribution in [0.5, 0.6) is 0 Å². The van der Waals surface area contributed by atoms with Gasteiger partial charge in [0.2, 0.25) is 0 Å². The van der Waals surface area contributed by atoms with Gasteiger partial charge in [0, 0.05) is 30.2 Å². The summed E-state index contributed by atoms with van der Waals surface area (Å²) in [6, 6.07) is 4.27. The number of allylic oxidation sites excluding steroid dienone is 2. The number of rotatable bonds is 3. The molecule has 0 aliphatic carbocycles. The Labute approximate surface area is 144 Å². The van der Waals surface area contributed by atoms with Crippen molar-refractivity contribution >= 4 is 11.3 Å². The van der Waals surface area contributed by atoms with Crippen molar-refractivity contribution in [1.29, 1.82) is 0 Å². The van der Waals surface area contributed by atoms with Gasteiger partial charge in [-0.25, -0.2) is 0 Å². The molecule has 2 aromatic heterocycles. The van der Waals surface area contributed by atoms with Gasteiger partial charge < -0.3 is 9.55 Å². The molecule has 0 saturated carbocycles. The van der Waals surface area contributed by atoms with Crippen LogP contribution >= 0.6 is 0 Å². The number of aliphatic imine (C=N–C) groups is 1. The maximum Gasteiger partial charge on any atom is 0.0779 e. The minimum Gasteiger partial charge on any atom is -0.358 e. The van der Waals surface area contributed by atoms with E-state index in [2.05, 4.69) is 76.5 Å². The predicted molar refractivity (Wildman–Crippen MR) is 103 cm³/mol. The highest BCUT2D eigenvalue weighted by atomic mass is 14.9. The molecule has 3 rings (SSSR count). The van der Waals surface area contributed by atoms with Crippen LogP contribution in [0.3, 0.4) is 0 Å². The minimum absolute atomic E-state index is 1.02. The maximum atomic E-state index is 4.96. The summed E-state index contributed by atoms with van der Waals surface area (Å²) in [5.41, 5.74) is 12.4. The standard InChI is InChI=1S/C21H27N3/c1-8-17-14(4)21(23-16(17)6)19(18-10-9-11-24(18)7)20-13(3)12(2)15(5)22-20/h9-11,22H,8H2,1-7H3/b21-19+. The van der Waals surface area contributed by atoms with Crippen LogP contribution in [0, 0.1) is 20.8 Å². The summed E-state index contributed by atoms with van der Waals surface area (Å²) < 4.78 is 2.18. The summed E-state index contributed by atoms with van der Waals surface area (Å²) in [5.74, 6) is 0. The largest absolute Gasteiger partial charge is 0.358 e. The average molecular weight is 321 g/mol. The van der Waals surface area contributed by atoms with Gasteiger partial charge in [0.25, 0.3) is 0 Å². The number of aryl methyl sites for hydroxylation is 2. The second-order valence-electron chi connectivity index (χ2n) is 6.76. The van der Waals surface area contributed by atoms with E-state index in [1.165, 1.54) is 44.9 Å². The van der Waals surface area contributed by atoms with E-state index in [9.17, 15) is 0 Å². The number of aromatic nitrogens is 2. The first kappa shape index (κ1) is 16.6. The van der Waals surface area contributed by atoms with Crippen LogP contribution in [0.4, 0.5) is 0 Å². The lowest BCUT2D eigenvalue weighted by atomic mass is 9.96. The summed E-state index contributed by atoms with van der Waals surface area (Å²) in [7, 11) is 2.10. The number of aromatic amines is 1. The second-order valence-corrected chi connectivity index (χ2v) is 6.76. The van der Waals surface area contributed by atoms with Crippen LogP contribution < -0.4 is 0 Å². The van der Waals surface area contributed by atoms with E-state index in [1.807, 2.05) is 0 Å². The molecule has 0 aromatic carbocycles. The third kappa shape index (κ3) is 2.39. The molecular weight excluding hydrogens is 294 g/mol. The Morgan fingerprint density at radius 1 is 1.12 bits per heavy atom. The molecule has 3 nitrogen and oxygen atoms in total. The zero-order chi connectivity index (χ0) is 17.6. The van der Waals surface area contributed by atoms with Gasteiger partial charge in [0.15, 0.2) is 0 Å². The Hall–Kier alpha value is -2.29. The first-order valence-corrected chi connectivity index (χ1v) is 8.64. The maximum absolute atomic E-state index is 4.96. The Bertz CT molecular complexity index is 898. The Kier molecular flexibility index (Phi) is 4.12. The summed E-state index contributed by atoms with van der Waals surface area (Å²) in [4.78, 5) is 8.57. The van der Waals surface area contributed by atoms with Crippen molar-refractivity contribution in [2.75, 3.05) is 0 Å². The van der Waals surface area contributed by atoms with Gasteiger partial charge in [-0.2, -0.15) is 0 Å². The molecule has 3 heteroatoms. The van der Waals surface area contributed by atoms with E-state index in [0.717, 1.165) is 17.8 Å². The number of H-pyrrole nitrogens is 1. The zero-order valence-corrected chi connectivity index (χ0v) is 15.8. The van der Waals surface area contributed by atoms with Gasteiger partial charge in [-0.1, -0.05) is 6.92 Å². The molecule has 0 saturated heterocycles. The number of hydrogen-bond acceptors (Lipinski definition) is 1. The van der Waals surface area contributed by atoms with Crippen molar-refractivity contribution in [3.8, 4) is 0 Å². The monoisotopic (exact) mass is 321 g/mol. The van der Waals surface area contributed by atoms with Gasteiger partial charge in [0.1, 0.15) is 0 Å². The average Bonchev–Trinajstić information content (AvgIpc) is 3.16. The molecule has 1 aliphatic rings. The van der Waals surface area contributed by atoms with E-state index >= 15 is 0 Å². The lowest BCUT2D eigenvalue weighted by molar-refractivity contribution is 0.905. The molecule has 0 unspecified atom stereocenters. The summed E-state index contributed by atoms with van der Waals surface area (Å²) >= 11 is 0. The number of hydrogen-bond donors (Lipinski definition) is 1. The molecule has 0 amide bonds. The summed E-state index contributed by atoms with van der Waals surface area (Å²) in [6.07, 6.45) is 3.12. The molecule has 0 atom stereocenters. The summed E-state index contributed by atoms with van der Waals surface area (Å²) in [5, 5.41) is 0. The Morgan fingerprint density at radius 2 is 1.83 bits per heavy atom. The molecule has 2 aromatic rings. The van der Waals surface area contributed by atoms with Crippen LogP contribution in [-0.2, 0) is 7.05 Å². The Morgan fingerprint density at radius 3 is 2.29 bits per heavy atom. The van der Waals surface area contributed by atoms with Gasteiger partial charge in [-0.3, -0.25) is 4.99 Å². The normalized spacial score (nSPS) is 16.9. The van der Waals surface area contributed by atoms with E-state index in [-0.39, 0.29) is 0 Å². The first-order valence-electron chi connectivity index (χ1n) is 8.64. The lowest BCUT2D eigenvalue weighted by Crippen LogP contribution is -2.01. The van der Waals surface area contributed by atoms with E-state index in [1.54, 1.807) is 0 Å². The van der Waals surface area contributed by atoms with Crippen molar-refractivity contribution in [1.82, 2.24) is 9.55 Å². The van der Waals surface area contributed by atoms with Crippen LogP contribution in [0.25, 0.3) is 5.57 Å². The van der Waals surface area contributed by atoms with E-state index in [4.69, 9.17) is 4.99 Å². The third-order valence-electron chi connectivity index (χ3n) is 5.38. The Balaban J connectivity index is 2.38. The van der Waals surface area contributed by atoms with Gasteiger partial charge in [-0.15, -0.1) is 0 Å². The molecule has 24 heavy (non-hydrogen) atoms. The molecule has 126 valence electrons. The van der Waals surface area contributed by atoms with Crippen LogP contribution in [0.1, 0.15) is 55.4 Å². The van der Waals surface area contributed by atoms with Crippen molar-refractivity contribution < 1.29 is 0 Å². The third-order valence-corrected chi connectivity index (χ3v) is 5.38. The smallest absolute Gasteiger partial charge is 0.0779 e. The molecule has 0 radical (unpaired) electrons. The topological polar surface area (TPSA) is 33.1 Å². The highest BCUT2D eigenvalue weighted by Gasteiger charge is 2.25. The van der Waals surface area contributed by atoms with E-state index < -0.39 is 0 Å². The first-order chi connectivity index (χ1) is 11.4. The highest BCUT2D eigenvalue weighted by Crippen LogP contribution is 2.38. The fourth-order valence-corrected chi connectivity index (χ4v) is 3.68. The van der Waals surface area contributed by atoms with E-state index in [0.29, 0.717) is 0 Å². The molecule has 0 spiro atoms. The molecule has 1 aliphatic heterocycles. The van der Waals surface area contributed by atoms with Gasteiger partial charge in [0.05, 0.1) is 17.1 Å². The molecule has 3 heterocycles. The van der Waals surface area contributed by atoms with Gasteiger partial charge >= 0.3 is 0 Å². The SMILES string of the molecule is CCC1=C(C)/C(=C(\c2[nH]c(C)c(C)c2C)c2cccn2C)N=C1C. The fraction of sp³-hybridized carbons (Fsp3) is 0.381. The lowest BCUT2D eigenvalue weighted by Gasteiger charge is -2.13. The second kappa shape index (κ2) is 5.97. The van der Waals surface area contributed by atoms with Crippen LogP contribution in [-0.4, -0.2) is 15.3 Å². The number of nitrogens with one attached hydrogen (secondary N) is 1. The van der Waals surface area contributed by atoms with Crippen LogP contribution in [0.2, 0.25) is 0 Å². The fourth-order valence-electron chi connectivity index (χ4n) is 3.68. The minimum atomic E-state index is 1.02. The molecule has 0 bridgehead atoms. The van der Waals surface area contributed by atoms with Crippen molar-refractivity contribution in [3.63, 3.8) is 0 Å². The number of nitrogens with zero attached hydrogens (tertiary/aromatic N) is 2. The van der Waals surface area contributed by atoms with Crippen molar-refractivity contribution in [3.05, 3.63) is 63.4 Å². The van der Waals surface area contributed by atoms with Crippen LogP contribution in [0.15, 0.2) is 40.2 Å². The molecule has 0 fully saturated rings. The highest BCUT2D eigenvalue weighted by molar-refractivity contribution is 6.05. The van der Waals surface area contributed by atoms with Crippen molar-refractivity contribution in [2.24, 2.45) is 12.0 Å². The molecular formula is C21H27N3. The quantitative estimate of drug-likeness (QED) is 0.802. The zero-order valence-electron chi connectivity index (χ0n) is 15.8. The van der Waals surface area contributed by atoms with Gasteiger partial charge in [-0.05, 0) is 75.4 Å². The summed E-state index contributed by atoms with van der Waals surface area (Å²) in [6.45, 7) is 13.1. The molecule has 1 N–H and O–H groups in total. The van der Waals surface area contributed by atoms with Crippen molar-refractivity contribution in [2.45, 2.75) is 48.0 Å².